The van der Waals surface area contributed by atoms with Gasteiger partial charge in [-0.15, -0.1) is 0 Å². The zero-order valence-electron chi connectivity index (χ0n) is 15.5. The van der Waals surface area contributed by atoms with E-state index in [0.717, 1.165) is 16.8 Å². The van der Waals surface area contributed by atoms with E-state index in [1.807, 2.05) is 37.3 Å². The van der Waals surface area contributed by atoms with Crippen molar-refractivity contribution in [2.24, 2.45) is 5.92 Å². The van der Waals surface area contributed by atoms with Crippen LogP contribution in [0.2, 0.25) is 0 Å². The van der Waals surface area contributed by atoms with Crippen LogP contribution in [0.1, 0.15) is 17.5 Å². The fraction of sp³-hybridized carbons (Fsp3) is 0.333. The van der Waals surface area contributed by atoms with Gasteiger partial charge in [0, 0.05) is 38.3 Å². The molecule has 140 valence electrons. The minimum Gasteiger partial charge on any atom is -0.454 e. The van der Waals surface area contributed by atoms with Gasteiger partial charge in [-0.2, -0.15) is 0 Å². The van der Waals surface area contributed by atoms with Gasteiger partial charge in [0.25, 0.3) is 0 Å². The van der Waals surface area contributed by atoms with Crippen LogP contribution >= 0.6 is 0 Å². The number of benzene rings is 2. The third-order valence-corrected chi connectivity index (χ3v) is 5.19. The summed E-state index contributed by atoms with van der Waals surface area (Å²) in [5, 5.41) is 0. The van der Waals surface area contributed by atoms with Crippen LogP contribution in [-0.2, 0) is 16.1 Å². The number of carbonyl (C=O) groups excluding carboxylic acids is 2. The lowest BCUT2D eigenvalue weighted by Gasteiger charge is -2.22. The molecule has 2 aromatic carbocycles. The Balaban J connectivity index is 1.45. The first kappa shape index (κ1) is 17.4. The highest BCUT2D eigenvalue weighted by molar-refractivity contribution is 6.00. The summed E-state index contributed by atoms with van der Waals surface area (Å²) in [6.07, 6.45) is 0.228. The molecule has 2 aromatic rings. The maximum atomic E-state index is 12.9. The highest BCUT2D eigenvalue weighted by Gasteiger charge is 2.37. The van der Waals surface area contributed by atoms with Crippen molar-refractivity contribution in [2.75, 3.05) is 25.3 Å². The van der Waals surface area contributed by atoms with E-state index in [0.29, 0.717) is 24.6 Å². The van der Waals surface area contributed by atoms with Gasteiger partial charge in [-0.3, -0.25) is 9.59 Å². The highest BCUT2D eigenvalue weighted by Crippen LogP contribution is 2.37. The summed E-state index contributed by atoms with van der Waals surface area (Å²) in [6.45, 7) is 3.15. The number of nitrogens with zero attached hydrogens (tertiary/aromatic N) is 2. The molecule has 2 aliphatic rings. The van der Waals surface area contributed by atoms with Gasteiger partial charge >= 0.3 is 0 Å². The van der Waals surface area contributed by atoms with Crippen LogP contribution in [0.15, 0.2) is 42.5 Å². The number of hydrogen-bond acceptors (Lipinski definition) is 4. The molecule has 2 heterocycles. The van der Waals surface area contributed by atoms with Crippen molar-refractivity contribution in [2.45, 2.75) is 19.9 Å². The molecule has 2 aliphatic heterocycles. The Morgan fingerprint density at radius 2 is 1.96 bits per heavy atom. The van der Waals surface area contributed by atoms with Gasteiger partial charge in [0.05, 0.1) is 5.92 Å². The lowest BCUT2D eigenvalue weighted by atomic mass is 10.1. The lowest BCUT2D eigenvalue weighted by molar-refractivity contribution is -0.135. The molecule has 0 radical (unpaired) electrons. The number of carbonyl (C=O) groups is 2. The molecule has 0 N–H and O–H groups in total. The van der Waals surface area contributed by atoms with E-state index in [1.54, 1.807) is 29.0 Å². The average Bonchev–Trinajstić information content (AvgIpc) is 3.28. The number of hydrogen-bond donors (Lipinski definition) is 0. The maximum Gasteiger partial charge on any atom is 0.231 e. The monoisotopic (exact) mass is 366 g/mol. The summed E-state index contributed by atoms with van der Waals surface area (Å²) in [6, 6.07) is 13.4. The van der Waals surface area contributed by atoms with Gasteiger partial charge in [0.1, 0.15) is 0 Å². The number of ether oxygens (including phenoxy) is 2. The van der Waals surface area contributed by atoms with Crippen molar-refractivity contribution in [3.8, 4) is 11.5 Å². The lowest BCUT2D eigenvalue weighted by Crippen LogP contribution is -2.34. The Kier molecular flexibility index (Phi) is 4.48. The average molecular weight is 366 g/mol. The highest BCUT2D eigenvalue weighted by atomic mass is 16.7. The summed E-state index contributed by atoms with van der Waals surface area (Å²) in [4.78, 5) is 28.8. The molecule has 0 saturated carbocycles. The molecule has 6 nitrogen and oxygen atoms in total. The van der Waals surface area contributed by atoms with Gasteiger partial charge in [0.2, 0.25) is 18.6 Å². The van der Waals surface area contributed by atoms with Crippen LogP contribution in [-0.4, -0.2) is 37.1 Å². The van der Waals surface area contributed by atoms with Crippen LogP contribution in [0.25, 0.3) is 0 Å². The Bertz CT molecular complexity index is 896. The van der Waals surface area contributed by atoms with Crippen LogP contribution in [0.3, 0.4) is 0 Å². The maximum absolute atomic E-state index is 12.9. The number of amides is 2. The molecule has 2 amide bonds. The van der Waals surface area contributed by atoms with E-state index in [9.17, 15) is 9.59 Å². The molecule has 1 saturated heterocycles. The van der Waals surface area contributed by atoms with Crippen molar-refractivity contribution in [1.82, 2.24) is 4.90 Å². The largest absolute Gasteiger partial charge is 0.454 e. The molecule has 1 atom stereocenters. The second-order valence-corrected chi connectivity index (χ2v) is 7.06. The summed E-state index contributed by atoms with van der Waals surface area (Å²) in [5.41, 5.74) is 3.01. The van der Waals surface area contributed by atoms with Crippen molar-refractivity contribution < 1.29 is 19.1 Å². The molecule has 0 spiro atoms. The van der Waals surface area contributed by atoms with Gasteiger partial charge in [-0.05, 0) is 30.2 Å². The van der Waals surface area contributed by atoms with E-state index in [4.69, 9.17) is 9.47 Å². The van der Waals surface area contributed by atoms with Gasteiger partial charge < -0.3 is 19.3 Å². The van der Waals surface area contributed by atoms with Crippen LogP contribution in [0, 0.1) is 12.8 Å². The van der Waals surface area contributed by atoms with Crippen LogP contribution < -0.4 is 14.4 Å². The van der Waals surface area contributed by atoms with Gasteiger partial charge in [0.15, 0.2) is 11.5 Å². The minimum atomic E-state index is -0.336. The Hall–Kier alpha value is -3.02. The molecule has 27 heavy (non-hydrogen) atoms. The zero-order chi connectivity index (χ0) is 19.0. The van der Waals surface area contributed by atoms with Gasteiger partial charge in [-0.1, -0.05) is 24.3 Å². The fourth-order valence-electron chi connectivity index (χ4n) is 3.61. The summed E-state index contributed by atoms with van der Waals surface area (Å²) in [5.74, 6) is 0.922. The molecule has 6 heteroatoms. The predicted octanol–water partition coefficient (Wildman–Crippen LogP) is 2.74. The van der Waals surface area contributed by atoms with E-state index in [-0.39, 0.29) is 30.9 Å². The Labute approximate surface area is 158 Å². The fourth-order valence-corrected chi connectivity index (χ4v) is 3.61. The standard InChI is InChI=1S/C21H22N2O4/c1-14-5-3-4-6-15(14)11-22(2)21(25)16-9-20(24)23(12-16)17-7-8-18-19(10-17)27-13-26-18/h3-8,10,16H,9,11-13H2,1-2H3. The van der Waals surface area contributed by atoms with E-state index in [2.05, 4.69) is 0 Å². The van der Waals surface area contributed by atoms with Gasteiger partial charge in [-0.25, -0.2) is 0 Å². The molecule has 1 fully saturated rings. The molecule has 0 bridgehead atoms. The first-order valence-electron chi connectivity index (χ1n) is 9.02. The van der Waals surface area contributed by atoms with Crippen LogP contribution in [0.5, 0.6) is 11.5 Å². The Morgan fingerprint density at radius 3 is 2.78 bits per heavy atom. The second-order valence-electron chi connectivity index (χ2n) is 7.06. The first-order chi connectivity index (χ1) is 13.0. The first-order valence-corrected chi connectivity index (χ1v) is 9.02. The number of anilines is 1. The predicted molar refractivity (Wildman–Crippen MR) is 101 cm³/mol. The SMILES string of the molecule is Cc1ccccc1CN(C)C(=O)C1CC(=O)N(c2ccc3c(c2)OCO3)C1. The molecular weight excluding hydrogens is 344 g/mol. The van der Waals surface area contributed by atoms with Crippen molar-refractivity contribution in [1.29, 1.82) is 0 Å². The second kappa shape index (κ2) is 6.95. The molecule has 0 aliphatic carbocycles. The van der Waals surface area contributed by atoms with Crippen molar-refractivity contribution >= 4 is 17.5 Å². The third-order valence-electron chi connectivity index (χ3n) is 5.19. The summed E-state index contributed by atoms with van der Waals surface area (Å²) >= 11 is 0. The van der Waals surface area contributed by atoms with E-state index in [1.165, 1.54) is 0 Å². The quantitative estimate of drug-likeness (QED) is 0.835. The van der Waals surface area contributed by atoms with Crippen molar-refractivity contribution in [3.63, 3.8) is 0 Å². The number of rotatable bonds is 4. The van der Waals surface area contributed by atoms with E-state index >= 15 is 0 Å². The molecule has 0 aromatic heterocycles. The third kappa shape index (κ3) is 3.35. The molecular formula is C21H22N2O4. The zero-order valence-corrected chi connectivity index (χ0v) is 15.5. The molecule has 1 unspecified atom stereocenters. The van der Waals surface area contributed by atoms with Crippen LogP contribution in [0.4, 0.5) is 5.69 Å². The minimum absolute atomic E-state index is 0.00477. The number of aryl methyl sites for hydroxylation is 1. The molecule has 4 rings (SSSR count). The Morgan fingerprint density at radius 1 is 1.19 bits per heavy atom. The number of fused-ring (bicyclic) bond motifs is 1. The normalized spacial score (nSPS) is 18.1. The summed E-state index contributed by atoms with van der Waals surface area (Å²) < 4.78 is 10.7. The smallest absolute Gasteiger partial charge is 0.231 e. The summed E-state index contributed by atoms with van der Waals surface area (Å²) in [7, 11) is 1.79. The topological polar surface area (TPSA) is 59.1 Å². The van der Waals surface area contributed by atoms with Crippen molar-refractivity contribution in [3.05, 3.63) is 53.6 Å². The van der Waals surface area contributed by atoms with E-state index < -0.39 is 0 Å².